The van der Waals surface area contributed by atoms with Gasteiger partial charge < -0.3 is 0 Å². The van der Waals surface area contributed by atoms with E-state index >= 15 is 0 Å². The molecule has 6 heteroatoms. The van der Waals surface area contributed by atoms with Crippen LogP contribution in [-0.2, 0) is 18.3 Å². The quantitative estimate of drug-likeness (QED) is 0.314. The van der Waals surface area contributed by atoms with Crippen LogP contribution in [0.15, 0.2) is 53.4 Å². The van der Waals surface area contributed by atoms with Crippen molar-refractivity contribution in [1.82, 2.24) is 0 Å². The number of aryl methyl sites for hydroxylation is 1. The topological polar surface area (TPSA) is 0 Å². The monoisotopic (exact) mass is 388 g/mol. The highest BCUT2D eigenvalue weighted by molar-refractivity contribution is 7.94. The molecule has 142 valence electrons. The zero-order chi connectivity index (χ0) is 19.2. The molecular weight excluding hydrogens is 367 g/mol. The molecule has 2 aromatic carbocycles. The summed E-state index contributed by atoms with van der Waals surface area (Å²) < 4.78 is 70.1. The predicted molar refractivity (Wildman–Crippen MR) is 95.5 cm³/mol. The van der Waals surface area contributed by atoms with Gasteiger partial charge in [-0.3, -0.25) is 0 Å². The lowest BCUT2D eigenvalue weighted by molar-refractivity contribution is -0.223. The first-order valence-corrected chi connectivity index (χ1v) is 9.28. The fourth-order valence-corrected chi connectivity index (χ4v) is 2.95. The van der Waals surface area contributed by atoms with Crippen molar-refractivity contribution in [1.29, 1.82) is 0 Å². The van der Waals surface area contributed by atoms with Gasteiger partial charge in [-0.05, 0) is 30.5 Å². The molecule has 0 aliphatic carbocycles. The van der Waals surface area contributed by atoms with Crippen LogP contribution >= 0.6 is 12.1 Å². The zero-order valence-corrected chi connectivity index (χ0v) is 15.3. The Hall–Kier alpha value is -1.56. The Morgan fingerprint density at radius 1 is 0.731 bits per heavy atom. The maximum Gasteiger partial charge on any atom is 0.339 e. The predicted octanol–water partition coefficient (Wildman–Crippen LogP) is 7.67. The second-order valence-electron chi connectivity index (χ2n) is 6.26. The van der Waals surface area contributed by atoms with E-state index in [1.54, 1.807) is 0 Å². The molecule has 0 spiro atoms. The van der Waals surface area contributed by atoms with E-state index in [1.807, 2.05) is 0 Å². The van der Waals surface area contributed by atoms with Crippen molar-refractivity contribution in [2.45, 2.75) is 55.8 Å². The van der Waals surface area contributed by atoms with Crippen molar-refractivity contribution < 1.29 is 21.4 Å². The SMILES string of the molecule is CCCCCCc1ccc(C(F)(F)C(F)(F)c2ccc(SF)cc2)cc1. The molecule has 2 rings (SSSR count). The average Bonchev–Trinajstić information content (AvgIpc) is 2.65. The van der Waals surface area contributed by atoms with Crippen molar-refractivity contribution in [3.63, 3.8) is 0 Å². The second kappa shape index (κ2) is 8.89. The normalized spacial score (nSPS) is 12.4. The Kier molecular flexibility index (Phi) is 7.09. The summed E-state index contributed by atoms with van der Waals surface area (Å²) in [6, 6.07) is 8.87. The molecule has 0 aliphatic rings. The molecule has 0 amide bonds. The lowest BCUT2D eigenvalue weighted by atomic mass is 9.94. The summed E-state index contributed by atoms with van der Waals surface area (Å²) in [5.41, 5.74) is -0.721. The Labute approximate surface area is 155 Å². The molecule has 26 heavy (non-hydrogen) atoms. The molecule has 0 fully saturated rings. The molecule has 0 N–H and O–H groups in total. The fraction of sp³-hybridized carbons (Fsp3) is 0.400. The number of benzene rings is 2. The highest BCUT2D eigenvalue weighted by atomic mass is 32.2. The van der Waals surface area contributed by atoms with Gasteiger partial charge in [0.25, 0.3) is 0 Å². The maximum atomic E-state index is 14.5. The van der Waals surface area contributed by atoms with E-state index in [9.17, 15) is 21.4 Å². The van der Waals surface area contributed by atoms with Gasteiger partial charge in [-0.25, -0.2) is 0 Å². The van der Waals surface area contributed by atoms with Crippen LogP contribution in [0, 0.1) is 0 Å². The van der Waals surface area contributed by atoms with Gasteiger partial charge in [0.2, 0.25) is 0 Å². The van der Waals surface area contributed by atoms with Gasteiger partial charge in [0, 0.05) is 16.0 Å². The summed E-state index contributed by atoms with van der Waals surface area (Å²) in [6.07, 6.45) is 4.95. The smallest absolute Gasteiger partial charge is 0.194 e. The van der Waals surface area contributed by atoms with Crippen molar-refractivity contribution in [3.05, 3.63) is 65.2 Å². The van der Waals surface area contributed by atoms with E-state index < -0.39 is 23.0 Å². The largest absolute Gasteiger partial charge is 0.339 e. The lowest BCUT2D eigenvalue weighted by Crippen LogP contribution is -2.35. The van der Waals surface area contributed by atoms with Crippen LogP contribution in [0.25, 0.3) is 0 Å². The van der Waals surface area contributed by atoms with Crippen molar-refractivity contribution >= 4 is 12.1 Å². The maximum absolute atomic E-state index is 14.5. The third-order valence-electron chi connectivity index (χ3n) is 4.34. The number of rotatable bonds is 9. The third-order valence-corrected chi connectivity index (χ3v) is 4.79. The summed E-state index contributed by atoms with van der Waals surface area (Å²) in [6.45, 7) is 2.10. The lowest BCUT2D eigenvalue weighted by Gasteiger charge is -2.27. The van der Waals surface area contributed by atoms with Crippen molar-refractivity contribution in [2.24, 2.45) is 0 Å². The van der Waals surface area contributed by atoms with Crippen molar-refractivity contribution in [2.75, 3.05) is 0 Å². The summed E-state index contributed by atoms with van der Waals surface area (Å²) in [7, 11) is 0. The van der Waals surface area contributed by atoms with Crippen LogP contribution in [0.5, 0.6) is 0 Å². The van der Waals surface area contributed by atoms with Crippen LogP contribution in [0.1, 0.15) is 49.3 Å². The number of alkyl halides is 4. The number of halogens is 5. The van der Waals surface area contributed by atoms with Gasteiger partial charge in [-0.1, -0.05) is 62.6 Å². The first-order valence-electron chi connectivity index (χ1n) is 8.57. The third kappa shape index (κ3) is 4.58. The summed E-state index contributed by atoms with van der Waals surface area (Å²) in [4.78, 5) is 0.0836. The minimum Gasteiger partial charge on any atom is -0.194 e. The van der Waals surface area contributed by atoms with E-state index in [1.165, 1.54) is 12.1 Å². The van der Waals surface area contributed by atoms with Gasteiger partial charge in [0.15, 0.2) is 0 Å². The molecule has 0 saturated carbocycles. The fourth-order valence-electron chi connectivity index (χ4n) is 2.71. The molecule has 0 aromatic heterocycles. The van der Waals surface area contributed by atoms with Crippen LogP contribution in [0.4, 0.5) is 21.4 Å². The Bertz CT molecular complexity index is 680. The van der Waals surface area contributed by atoms with Gasteiger partial charge in [-0.15, -0.1) is 0 Å². The standard InChI is InChI=1S/C20H21F5S/c1-2-3-4-5-6-15-7-9-16(10-8-15)19(21,22)20(23,24)17-11-13-18(26-25)14-12-17/h7-14H,2-6H2,1H3. The highest BCUT2D eigenvalue weighted by Crippen LogP contribution is 2.49. The Morgan fingerprint density at radius 2 is 1.23 bits per heavy atom. The van der Waals surface area contributed by atoms with E-state index in [-0.39, 0.29) is 17.0 Å². The molecule has 0 nitrogen and oxygen atoms in total. The van der Waals surface area contributed by atoms with Gasteiger partial charge in [-0.2, -0.15) is 21.4 Å². The molecule has 0 bridgehead atoms. The number of unbranched alkanes of at least 4 members (excludes halogenated alkanes) is 3. The van der Waals surface area contributed by atoms with E-state index in [0.717, 1.165) is 74.1 Å². The average molecular weight is 388 g/mol. The van der Waals surface area contributed by atoms with Gasteiger partial charge in [0.1, 0.15) is 0 Å². The van der Waals surface area contributed by atoms with Crippen molar-refractivity contribution in [3.8, 4) is 0 Å². The zero-order valence-electron chi connectivity index (χ0n) is 14.5. The summed E-state index contributed by atoms with van der Waals surface area (Å²) in [5, 5.41) is 0. The molecule has 0 atom stereocenters. The molecule has 0 saturated heterocycles. The summed E-state index contributed by atoms with van der Waals surface area (Å²) in [5.74, 6) is -8.76. The van der Waals surface area contributed by atoms with Crippen LogP contribution in [-0.4, -0.2) is 0 Å². The van der Waals surface area contributed by atoms with Crippen LogP contribution < -0.4 is 0 Å². The second-order valence-corrected chi connectivity index (χ2v) is 6.88. The minimum absolute atomic E-state index is 0.0836. The first kappa shape index (κ1) is 20.7. The van der Waals surface area contributed by atoms with Gasteiger partial charge >= 0.3 is 11.8 Å². The molecule has 0 aliphatic heterocycles. The summed E-state index contributed by atoms with van der Waals surface area (Å²) >= 11 is -0.129. The van der Waals surface area contributed by atoms with E-state index in [4.69, 9.17) is 0 Å². The first-order chi connectivity index (χ1) is 12.3. The Morgan fingerprint density at radius 3 is 1.69 bits per heavy atom. The number of hydrogen-bond donors (Lipinski definition) is 0. The molecule has 0 unspecified atom stereocenters. The van der Waals surface area contributed by atoms with Gasteiger partial charge in [0.05, 0.1) is 12.1 Å². The number of hydrogen-bond acceptors (Lipinski definition) is 1. The minimum atomic E-state index is -4.39. The van der Waals surface area contributed by atoms with Crippen LogP contribution in [0.2, 0.25) is 0 Å². The molecular formula is C20H21F5S. The molecule has 0 heterocycles. The van der Waals surface area contributed by atoms with E-state index in [2.05, 4.69) is 6.92 Å². The molecule has 2 aromatic rings. The highest BCUT2D eigenvalue weighted by Gasteiger charge is 2.58. The van der Waals surface area contributed by atoms with Crippen LogP contribution in [0.3, 0.4) is 0 Å². The Balaban J connectivity index is 2.16. The van der Waals surface area contributed by atoms with E-state index in [0.29, 0.717) is 0 Å². The molecule has 0 radical (unpaired) electrons.